The fraction of sp³-hybridized carbons (Fsp3) is 0.231. The highest BCUT2D eigenvalue weighted by Crippen LogP contribution is 2.30. The number of alkyl halides is 3. The molecule has 0 aliphatic carbocycles. The highest BCUT2D eigenvalue weighted by molar-refractivity contribution is 5.27. The quantitative estimate of drug-likeness (QED) is 0.936. The molecule has 0 saturated carbocycles. The van der Waals surface area contributed by atoms with Gasteiger partial charge in [-0.1, -0.05) is 12.1 Å². The lowest BCUT2D eigenvalue weighted by molar-refractivity contribution is -0.137. The third-order valence-electron chi connectivity index (χ3n) is 2.83. The number of aromatic nitrogens is 2. The third-order valence-corrected chi connectivity index (χ3v) is 2.83. The Labute approximate surface area is 112 Å². The first-order valence-electron chi connectivity index (χ1n) is 5.81. The zero-order chi connectivity index (χ0) is 14.8. The normalized spacial score (nSPS) is 13.2. The summed E-state index contributed by atoms with van der Waals surface area (Å²) in [5.74, 6) is 0. The lowest BCUT2D eigenvalue weighted by Crippen LogP contribution is -2.26. The van der Waals surface area contributed by atoms with E-state index < -0.39 is 17.8 Å². The molecule has 0 fully saturated rings. The SMILES string of the molecule is NC(Cn1cnccc1=O)c1cccc(C(F)(F)F)c1. The molecule has 0 spiro atoms. The molecule has 0 bridgehead atoms. The van der Waals surface area contributed by atoms with Crippen LogP contribution < -0.4 is 11.3 Å². The smallest absolute Gasteiger partial charge is 0.322 e. The average Bonchev–Trinajstić information content (AvgIpc) is 2.40. The van der Waals surface area contributed by atoms with Gasteiger partial charge in [-0.15, -0.1) is 0 Å². The number of nitrogens with two attached hydrogens (primary N) is 1. The predicted octanol–water partition coefficient (Wildman–Crippen LogP) is 1.96. The van der Waals surface area contributed by atoms with Crippen molar-refractivity contribution in [1.82, 2.24) is 9.55 Å². The van der Waals surface area contributed by atoms with Crippen molar-refractivity contribution >= 4 is 0 Å². The molecule has 7 heteroatoms. The molecule has 2 rings (SSSR count). The molecule has 2 N–H and O–H groups in total. The average molecular weight is 283 g/mol. The second-order valence-electron chi connectivity index (χ2n) is 4.30. The Morgan fingerprint density at radius 2 is 2.05 bits per heavy atom. The molecule has 0 aliphatic heterocycles. The Morgan fingerprint density at radius 1 is 1.30 bits per heavy atom. The van der Waals surface area contributed by atoms with E-state index in [4.69, 9.17) is 5.73 Å². The summed E-state index contributed by atoms with van der Waals surface area (Å²) in [7, 11) is 0. The van der Waals surface area contributed by atoms with Crippen LogP contribution in [0.5, 0.6) is 0 Å². The number of hydrogen-bond acceptors (Lipinski definition) is 3. The van der Waals surface area contributed by atoms with Crippen molar-refractivity contribution in [1.29, 1.82) is 0 Å². The second kappa shape index (κ2) is 5.46. The standard InChI is InChI=1S/C13H12F3N3O/c14-13(15,16)10-3-1-2-9(6-10)11(17)7-19-8-18-5-4-12(19)20/h1-6,8,11H,7,17H2. The van der Waals surface area contributed by atoms with Gasteiger partial charge in [-0.2, -0.15) is 13.2 Å². The van der Waals surface area contributed by atoms with Gasteiger partial charge in [-0.3, -0.25) is 9.36 Å². The van der Waals surface area contributed by atoms with Gasteiger partial charge < -0.3 is 5.73 Å². The van der Waals surface area contributed by atoms with Crippen LogP contribution in [0.1, 0.15) is 17.2 Å². The maximum Gasteiger partial charge on any atom is 0.416 e. The molecular formula is C13H12F3N3O. The molecule has 20 heavy (non-hydrogen) atoms. The molecule has 0 radical (unpaired) electrons. The van der Waals surface area contributed by atoms with E-state index in [2.05, 4.69) is 4.98 Å². The van der Waals surface area contributed by atoms with Gasteiger partial charge in [-0.25, -0.2) is 4.98 Å². The van der Waals surface area contributed by atoms with Gasteiger partial charge in [0.15, 0.2) is 0 Å². The van der Waals surface area contributed by atoms with Crippen LogP contribution in [0, 0.1) is 0 Å². The Morgan fingerprint density at radius 3 is 2.70 bits per heavy atom. The number of nitrogens with zero attached hydrogens (tertiary/aromatic N) is 2. The van der Waals surface area contributed by atoms with Crippen LogP contribution in [-0.4, -0.2) is 9.55 Å². The zero-order valence-corrected chi connectivity index (χ0v) is 10.3. The van der Waals surface area contributed by atoms with E-state index in [9.17, 15) is 18.0 Å². The fourth-order valence-corrected chi connectivity index (χ4v) is 1.78. The summed E-state index contributed by atoms with van der Waals surface area (Å²) < 4.78 is 39.1. The molecule has 106 valence electrons. The van der Waals surface area contributed by atoms with Gasteiger partial charge in [0.2, 0.25) is 0 Å². The van der Waals surface area contributed by atoms with Crippen molar-refractivity contribution in [3.05, 3.63) is 64.3 Å². The van der Waals surface area contributed by atoms with Gasteiger partial charge in [0.1, 0.15) is 0 Å². The maximum absolute atomic E-state index is 12.6. The molecule has 1 aromatic carbocycles. The topological polar surface area (TPSA) is 60.9 Å². The molecule has 0 aliphatic rings. The first-order valence-corrected chi connectivity index (χ1v) is 5.81. The van der Waals surface area contributed by atoms with E-state index in [1.165, 1.54) is 35.3 Å². The van der Waals surface area contributed by atoms with E-state index in [-0.39, 0.29) is 12.1 Å². The number of rotatable bonds is 3. The Hall–Kier alpha value is -2.15. The van der Waals surface area contributed by atoms with E-state index in [0.717, 1.165) is 12.1 Å². The van der Waals surface area contributed by atoms with Crippen LogP contribution in [0.25, 0.3) is 0 Å². The minimum absolute atomic E-state index is 0.0635. The van der Waals surface area contributed by atoms with E-state index in [1.807, 2.05) is 0 Å². The van der Waals surface area contributed by atoms with Crippen LogP contribution in [0.2, 0.25) is 0 Å². The van der Waals surface area contributed by atoms with Crippen LogP contribution in [0.3, 0.4) is 0 Å². The molecule has 2 aromatic rings. The fourth-order valence-electron chi connectivity index (χ4n) is 1.78. The lowest BCUT2D eigenvalue weighted by atomic mass is 10.0. The number of halogens is 3. The Balaban J connectivity index is 2.24. The summed E-state index contributed by atoms with van der Waals surface area (Å²) in [6.07, 6.45) is -1.77. The van der Waals surface area contributed by atoms with Gasteiger partial charge in [0, 0.05) is 24.8 Å². The minimum Gasteiger partial charge on any atom is -0.322 e. The number of hydrogen-bond donors (Lipinski definition) is 1. The monoisotopic (exact) mass is 283 g/mol. The van der Waals surface area contributed by atoms with Crippen LogP contribution in [0.4, 0.5) is 13.2 Å². The van der Waals surface area contributed by atoms with Gasteiger partial charge in [0.05, 0.1) is 11.9 Å². The summed E-state index contributed by atoms with van der Waals surface area (Å²) >= 11 is 0. The molecule has 1 heterocycles. The van der Waals surface area contributed by atoms with Crippen molar-refractivity contribution < 1.29 is 13.2 Å². The predicted molar refractivity (Wildman–Crippen MR) is 66.9 cm³/mol. The molecule has 1 atom stereocenters. The first-order chi connectivity index (χ1) is 9.38. The molecule has 0 saturated heterocycles. The van der Waals surface area contributed by atoms with Crippen LogP contribution >= 0.6 is 0 Å². The van der Waals surface area contributed by atoms with Crippen molar-refractivity contribution in [3.63, 3.8) is 0 Å². The molecule has 4 nitrogen and oxygen atoms in total. The summed E-state index contributed by atoms with van der Waals surface area (Å²) in [4.78, 5) is 15.3. The lowest BCUT2D eigenvalue weighted by Gasteiger charge is -2.15. The Bertz CT molecular complexity index is 652. The highest BCUT2D eigenvalue weighted by Gasteiger charge is 2.30. The van der Waals surface area contributed by atoms with Crippen molar-refractivity contribution in [2.24, 2.45) is 5.73 Å². The molecular weight excluding hydrogens is 271 g/mol. The third kappa shape index (κ3) is 3.24. The largest absolute Gasteiger partial charge is 0.416 e. The van der Waals surface area contributed by atoms with Crippen molar-refractivity contribution in [3.8, 4) is 0 Å². The molecule has 1 unspecified atom stereocenters. The second-order valence-corrected chi connectivity index (χ2v) is 4.30. The summed E-state index contributed by atoms with van der Waals surface area (Å²) in [5, 5.41) is 0. The van der Waals surface area contributed by atoms with Gasteiger partial charge in [-0.05, 0) is 17.7 Å². The zero-order valence-electron chi connectivity index (χ0n) is 10.3. The van der Waals surface area contributed by atoms with E-state index in [0.29, 0.717) is 5.56 Å². The van der Waals surface area contributed by atoms with E-state index in [1.54, 1.807) is 0 Å². The van der Waals surface area contributed by atoms with Crippen molar-refractivity contribution in [2.45, 2.75) is 18.8 Å². The highest BCUT2D eigenvalue weighted by atomic mass is 19.4. The van der Waals surface area contributed by atoms with Crippen LogP contribution in [-0.2, 0) is 12.7 Å². The summed E-state index contributed by atoms with van der Waals surface area (Å²) in [6, 6.07) is 5.31. The summed E-state index contributed by atoms with van der Waals surface area (Å²) in [6.45, 7) is 0.0635. The minimum atomic E-state index is -4.42. The maximum atomic E-state index is 12.6. The van der Waals surface area contributed by atoms with E-state index >= 15 is 0 Å². The first kappa shape index (κ1) is 14.3. The molecule has 1 aromatic heterocycles. The summed E-state index contributed by atoms with van der Waals surface area (Å²) in [5.41, 5.74) is 5.11. The molecule has 0 amide bonds. The number of benzene rings is 1. The van der Waals surface area contributed by atoms with Gasteiger partial charge in [0.25, 0.3) is 5.56 Å². The van der Waals surface area contributed by atoms with Crippen LogP contribution in [0.15, 0.2) is 47.7 Å². The van der Waals surface area contributed by atoms with Crippen molar-refractivity contribution in [2.75, 3.05) is 0 Å². The Kier molecular flexibility index (Phi) is 3.89. The van der Waals surface area contributed by atoms with Gasteiger partial charge >= 0.3 is 6.18 Å².